The maximum atomic E-state index is 12.4. The molecule has 2 heterocycles. The summed E-state index contributed by atoms with van der Waals surface area (Å²) in [5, 5.41) is 0. The van der Waals surface area contributed by atoms with Crippen molar-refractivity contribution >= 4 is 11.8 Å². The smallest absolute Gasteiger partial charge is 0.409 e. The highest BCUT2D eigenvalue weighted by Gasteiger charge is 2.28. The molecule has 2 N–H and O–H groups in total. The molecule has 1 aromatic carbocycles. The number of carbonyl (C=O) groups is 1. The lowest BCUT2D eigenvalue weighted by Gasteiger charge is -2.41. The first-order chi connectivity index (χ1) is 13.1. The van der Waals surface area contributed by atoms with Crippen LogP contribution in [-0.4, -0.2) is 92.8 Å². The number of amides is 1. The van der Waals surface area contributed by atoms with Crippen molar-refractivity contribution in [3.63, 3.8) is 0 Å². The molecule has 2 saturated heterocycles. The summed E-state index contributed by atoms with van der Waals surface area (Å²) in [7, 11) is 2.14. The Bertz CT molecular complexity index is 618. The van der Waals surface area contributed by atoms with Gasteiger partial charge in [-0.05, 0) is 31.7 Å². The van der Waals surface area contributed by atoms with E-state index < -0.39 is 0 Å². The summed E-state index contributed by atoms with van der Waals surface area (Å²) in [6, 6.07) is 8.59. The molecule has 0 radical (unpaired) electrons. The van der Waals surface area contributed by atoms with Gasteiger partial charge in [0, 0.05) is 70.6 Å². The van der Waals surface area contributed by atoms with Crippen LogP contribution in [0.1, 0.15) is 12.5 Å². The van der Waals surface area contributed by atoms with Crippen molar-refractivity contribution in [1.82, 2.24) is 14.7 Å². The van der Waals surface area contributed by atoms with Crippen LogP contribution in [0.4, 0.5) is 10.5 Å². The standard InChI is InChI=1S/C20H33N5O2/c1-17-16-24(10-11-25(17)19-5-3-4-18(14-19)15-21)20(26)27-13-12-23-8-6-22(2)7-9-23/h3-5,14,17H,6-13,15-16,21H2,1-2H3. The van der Waals surface area contributed by atoms with Gasteiger partial charge in [0.15, 0.2) is 0 Å². The number of hydrogen-bond acceptors (Lipinski definition) is 6. The second-order valence-corrected chi connectivity index (χ2v) is 7.62. The number of rotatable bonds is 5. The van der Waals surface area contributed by atoms with Gasteiger partial charge in [0.1, 0.15) is 6.61 Å². The molecule has 2 aliphatic rings. The lowest BCUT2D eigenvalue weighted by atomic mass is 10.1. The number of nitrogens with two attached hydrogens (primary N) is 1. The summed E-state index contributed by atoms with van der Waals surface area (Å²) in [5.74, 6) is 0. The van der Waals surface area contributed by atoms with E-state index in [0.29, 0.717) is 26.2 Å². The van der Waals surface area contributed by atoms with Crippen LogP contribution in [0.2, 0.25) is 0 Å². The van der Waals surface area contributed by atoms with Crippen molar-refractivity contribution in [1.29, 1.82) is 0 Å². The zero-order valence-corrected chi connectivity index (χ0v) is 16.6. The van der Waals surface area contributed by atoms with Crippen LogP contribution in [0, 0.1) is 0 Å². The van der Waals surface area contributed by atoms with Gasteiger partial charge in [0.25, 0.3) is 0 Å². The lowest BCUT2D eigenvalue weighted by Crippen LogP contribution is -2.54. The molecule has 27 heavy (non-hydrogen) atoms. The minimum absolute atomic E-state index is 0.189. The summed E-state index contributed by atoms with van der Waals surface area (Å²) in [5.41, 5.74) is 8.06. The van der Waals surface area contributed by atoms with E-state index in [-0.39, 0.29) is 12.1 Å². The van der Waals surface area contributed by atoms with E-state index in [1.807, 2.05) is 17.0 Å². The quantitative estimate of drug-likeness (QED) is 0.830. The molecule has 3 rings (SSSR count). The molecule has 1 amide bonds. The van der Waals surface area contributed by atoms with Gasteiger partial charge in [-0.25, -0.2) is 4.79 Å². The normalized spacial score (nSPS) is 22.1. The molecule has 1 atom stereocenters. The van der Waals surface area contributed by atoms with Crippen LogP contribution in [0.3, 0.4) is 0 Å². The molecule has 2 fully saturated rings. The van der Waals surface area contributed by atoms with Crippen LogP contribution in [0.5, 0.6) is 0 Å². The maximum Gasteiger partial charge on any atom is 0.409 e. The van der Waals surface area contributed by atoms with Gasteiger partial charge in [-0.3, -0.25) is 4.90 Å². The van der Waals surface area contributed by atoms with Crippen LogP contribution < -0.4 is 10.6 Å². The van der Waals surface area contributed by atoms with Crippen LogP contribution in [-0.2, 0) is 11.3 Å². The second kappa shape index (κ2) is 9.39. The fraction of sp³-hybridized carbons (Fsp3) is 0.650. The first-order valence-electron chi connectivity index (χ1n) is 9.95. The van der Waals surface area contributed by atoms with Gasteiger partial charge in [-0.2, -0.15) is 0 Å². The molecular weight excluding hydrogens is 342 g/mol. The summed E-state index contributed by atoms with van der Waals surface area (Å²) < 4.78 is 5.53. The van der Waals surface area contributed by atoms with Crippen molar-refractivity contribution in [2.45, 2.75) is 19.5 Å². The van der Waals surface area contributed by atoms with Crippen molar-refractivity contribution in [2.75, 3.05) is 70.9 Å². The molecule has 150 valence electrons. The predicted octanol–water partition coefficient (Wildman–Crippen LogP) is 1.04. The SMILES string of the molecule is CC1CN(C(=O)OCCN2CCN(C)CC2)CCN1c1cccc(CN)c1. The van der Waals surface area contributed by atoms with E-state index in [0.717, 1.165) is 44.8 Å². The Balaban J connectivity index is 1.43. The Morgan fingerprint density at radius 2 is 1.96 bits per heavy atom. The molecule has 0 spiro atoms. The third-order valence-corrected chi connectivity index (χ3v) is 5.59. The molecule has 0 saturated carbocycles. The van der Waals surface area contributed by atoms with E-state index in [4.69, 9.17) is 10.5 Å². The van der Waals surface area contributed by atoms with Crippen molar-refractivity contribution < 1.29 is 9.53 Å². The van der Waals surface area contributed by atoms with Gasteiger partial charge in [-0.1, -0.05) is 12.1 Å². The minimum Gasteiger partial charge on any atom is -0.448 e. The number of hydrogen-bond donors (Lipinski definition) is 1. The molecule has 0 bridgehead atoms. The van der Waals surface area contributed by atoms with Gasteiger partial charge in [0.05, 0.1) is 0 Å². The summed E-state index contributed by atoms with van der Waals surface area (Å²) in [6.07, 6.45) is -0.189. The number of anilines is 1. The predicted molar refractivity (Wildman–Crippen MR) is 108 cm³/mol. The minimum atomic E-state index is -0.189. The Kier molecular flexibility index (Phi) is 6.93. The average molecular weight is 376 g/mol. The van der Waals surface area contributed by atoms with Crippen molar-refractivity contribution in [2.24, 2.45) is 5.73 Å². The van der Waals surface area contributed by atoms with Gasteiger partial charge in [-0.15, -0.1) is 0 Å². The van der Waals surface area contributed by atoms with Crippen molar-refractivity contribution in [3.8, 4) is 0 Å². The molecule has 7 heteroatoms. The van der Waals surface area contributed by atoms with E-state index in [1.165, 1.54) is 5.69 Å². The third kappa shape index (κ3) is 5.34. The fourth-order valence-electron chi connectivity index (χ4n) is 3.79. The zero-order valence-electron chi connectivity index (χ0n) is 16.6. The Labute approximate surface area is 162 Å². The number of carbonyl (C=O) groups excluding carboxylic acids is 1. The van der Waals surface area contributed by atoms with Gasteiger partial charge < -0.3 is 25.2 Å². The third-order valence-electron chi connectivity index (χ3n) is 5.59. The number of ether oxygens (including phenoxy) is 1. The van der Waals surface area contributed by atoms with Crippen LogP contribution >= 0.6 is 0 Å². The molecule has 1 aromatic rings. The number of benzene rings is 1. The van der Waals surface area contributed by atoms with E-state index in [1.54, 1.807) is 0 Å². The van der Waals surface area contributed by atoms with Crippen molar-refractivity contribution in [3.05, 3.63) is 29.8 Å². The zero-order chi connectivity index (χ0) is 19.2. The summed E-state index contributed by atoms with van der Waals surface area (Å²) in [4.78, 5) is 21.3. The number of piperazine rings is 2. The topological polar surface area (TPSA) is 65.3 Å². The molecule has 1 unspecified atom stereocenters. The van der Waals surface area contributed by atoms with Crippen LogP contribution in [0.15, 0.2) is 24.3 Å². The van der Waals surface area contributed by atoms with Gasteiger partial charge in [0.2, 0.25) is 0 Å². The second-order valence-electron chi connectivity index (χ2n) is 7.62. The maximum absolute atomic E-state index is 12.4. The first-order valence-corrected chi connectivity index (χ1v) is 9.95. The molecular formula is C20H33N5O2. The number of likely N-dealkylation sites (N-methyl/N-ethyl adjacent to an activating group) is 1. The first kappa shape index (κ1) is 19.9. The molecule has 7 nitrogen and oxygen atoms in total. The largest absolute Gasteiger partial charge is 0.448 e. The number of nitrogens with zero attached hydrogens (tertiary/aromatic N) is 4. The van der Waals surface area contributed by atoms with E-state index in [2.05, 4.69) is 40.8 Å². The Morgan fingerprint density at radius 3 is 2.67 bits per heavy atom. The summed E-state index contributed by atoms with van der Waals surface area (Å²) in [6.45, 7) is 10.4. The van der Waals surface area contributed by atoms with Crippen LogP contribution in [0.25, 0.3) is 0 Å². The molecule has 0 aliphatic carbocycles. The lowest BCUT2D eigenvalue weighted by molar-refractivity contribution is 0.0750. The highest BCUT2D eigenvalue weighted by Crippen LogP contribution is 2.22. The van der Waals surface area contributed by atoms with E-state index in [9.17, 15) is 4.79 Å². The monoisotopic (exact) mass is 375 g/mol. The molecule has 2 aliphatic heterocycles. The highest BCUT2D eigenvalue weighted by atomic mass is 16.6. The molecule has 0 aromatic heterocycles. The Morgan fingerprint density at radius 1 is 1.19 bits per heavy atom. The van der Waals surface area contributed by atoms with E-state index >= 15 is 0 Å². The van der Waals surface area contributed by atoms with Gasteiger partial charge >= 0.3 is 6.09 Å². The Hall–Kier alpha value is -1.83. The highest BCUT2D eigenvalue weighted by molar-refractivity contribution is 5.68. The average Bonchev–Trinajstić information content (AvgIpc) is 2.69. The summed E-state index contributed by atoms with van der Waals surface area (Å²) >= 11 is 0. The fourth-order valence-corrected chi connectivity index (χ4v) is 3.79.